The molecule has 1 aromatic carbocycles. The molecule has 102 valence electrons. The summed E-state index contributed by atoms with van der Waals surface area (Å²) in [6, 6.07) is 5.89. The summed E-state index contributed by atoms with van der Waals surface area (Å²) < 4.78 is 12.7. The summed E-state index contributed by atoms with van der Waals surface area (Å²) in [5.41, 5.74) is 0.755. The van der Waals surface area contributed by atoms with E-state index in [-0.39, 0.29) is 11.7 Å². The fraction of sp³-hybridized carbons (Fsp3) is 0.286. The summed E-state index contributed by atoms with van der Waals surface area (Å²) in [6.07, 6.45) is 2.99. The Kier molecular flexibility index (Phi) is 6.15. The summed E-state index contributed by atoms with van der Waals surface area (Å²) >= 11 is 5.11. The number of nitrogens with zero attached hydrogens (tertiary/aromatic N) is 1. The van der Waals surface area contributed by atoms with E-state index in [9.17, 15) is 9.18 Å². The molecule has 0 fully saturated rings. The zero-order chi connectivity index (χ0) is 14.3. The Labute approximate surface area is 118 Å². The highest BCUT2D eigenvalue weighted by molar-refractivity contribution is 7.80. The number of halogens is 1. The predicted molar refractivity (Wildman–Crippen MR) is 79.1 cm³/mol. The maximum Gasteiger partial charge on any atom is 0.250 e. The minimum absolute atomic E-state index is 0.291. The Hall–Kier alpha value is -1.75. The maximum absolute atomic E-state index is 12.7. The summed E-state index contributed by atoms with van der Waals surface area (Å²) in [7, 11) is 0. The Morgan fingerprint density at radius 1 is 1.32 bits per heavy atom. The van der Waals surface area contributed by atoms with Gasteiger partial charge in [-0.2, -0.15) is 0 Å². The lowest BCUT2D eigenvalue weighted by Crippen LogP contribution is -2.41. The number of amides is 1. The molecule has 1 N–H and O–H groups in total. The zero-order valence-corrected chi connectivity index (χ0v) is 11.8. The van der Waals surface area contributed by atoms with Gasteiger partial charge in [0.25, 0.3) is 0 Å². The first kappa shape index (κ1) is 15.3. The highest BCUT2D eigenvalue weighted by Gasteiger charge is 2.06. The van der Waals surface area contributed by atoms with Gasteiger partial charge < -0.3 is 4.90 Å². The van der Waals surface area contributed by atoms with Crippen LogP contribution in [0, 0.1) is 5.82 Å². The molecule has 0 aliphatic carbocycles. The van der Waals surface area contributed by atoms with Gasteiger partial charge in [-0.3, -0.25) is 10.1 Å². The van der Waals surface area contributed by atoms with E-state index in [1.165, 1.54) is 18.2 Å². The van der Waals surface area contributed by atoms with Crippen LogP contribution in [-0.4, -0.2) is 29.0 Å². The average Bonchev–Trinajstić information content (AvgIpc) is 2.39. The molecule has 0 saturated heterocycles. The van der Waals surface area contributed by atoms with Gasteiger partial charge in [0.05, 0.1) is 0 Å². The van der Waals surface area contributed by atoms with Crippen molar-refractivity contribution in [2.24, 2.45) is 0 Å². The highest BCUT2D eigenvalue weighted by atomic mass is 32.1. The molecule has 5 heteroatoms. The number of benzene rings is 1. The lowest BCUT2D eigenvalue weighted by Gasteiger charge is -2.21. The fourth-order valence-corrected chi connectivity index (χ4v) is 1.84. The standard InChI is InChI=1S/C14H17FN2OS/c1-3-17(4-2)14(19)16-13(18)10-7-11-5-8-12(15)9-6-11/h5-10H,3-4H2,1-2H3,(H,16,18,19)/b10-7+. The fourth-order valence-electron chi connectivity index (χ4n) is 1.48. The second-order valence-corrected chi connectivity index (χ2v) is 4.24. The molecule has 0 bridgehead atoms. The molecule has 1 rings (SSSR count). The van der Waals surface area contributed by atoms with E-state index >= 15 is 0 Å². The lowest BCUT2D eigenvalue weighted by atomic mass is 10.2. The van der Waals surface area contributed by atoms with E-state index in [1.54, 1.807) is 18.2 Å². The van der Waals surface area contributed by atoms with Crippen LogP contribution in [0.1, 0.15) is 19.4 Å². The van der Waals surface area contributed by atoms with Crippen LogP contribution < -0.4 is 5.32 Å². The van der Waals surface area contributed by atoms with Crippen molar-refractivity contribution >= 4 is 29.3 Å². The number of rotatable bonds is 4. The van der Waals surface area contributed by atoms with Gasteiger partial charge in [-0.1, -0.05) is 12.1 Å². The van der Waals surface area contributed by atoms with Crippen molar-refractivity contribution in [3.05, 3.63) is 41.7 Å². The topological polar surface area (TPSA) is 32.3 Å². The van der Waals surface area contributed by atoms with E-state index in [0.717, 1.165) is 18.7 Å². The third-order valence-corrected chi connectivity index (χ3v) is 2.94. The lowest BCUT2D eigenvalue weighted by molar-refractivity contribution is -0.115. The van der Waals surface area contributed by atoms with Gasteiger partial charge in [-0.15, -0.1) is 0 Å². The molecule has 0 spiro atoms. The number of thiocarbonyl (C=S) groups is 1. The Morgan fingerprint density at radius 3 is 2.42 bits per heavy atom. The molecular weight excluding hydrogens is 263 g/mol. The van der Waals surface area contributed by atoms with E-state index in [1.807, 2.05) is 18.7 Å². The molecule has 0 aliphatic heterocycles. The average molecular weight is 280 g/mol. The minimum atomic E-state index is -0.302. The molecule has 0 heterocycles. The van der Waals surface area contributed by atoms with Crippen molar-refractivity contribution in [2.75, 3.05) is 13.1 Å². The monoisotopic (exact) mass is 280 g/mol. The number of hydrogen-bond acceptors (Lipinski definition) is 2. The quantitative estimate of drug-likeness (QED) is 0.679. The Balaban J connectivity index is 2.55. The zero-order valence-electron chi connectivity index (χ0n) is 11.0. The first-order chi connectivity index (χ1) is 9.06. The molecular formula is C14H17FN2OS. The van der Waals surface area contributed by atoms with Crippen LogP contribution in [0.25, 0.3) is 6.08 Å². The van der Waals surface area contributed by atoms with Crippen LogP contribution in [-0.2, 0) is 4.79 Å². The molecule has 0 radical (unpaired) electrons. The number of hydrogen-bond donors (Lipinski definition) is 1. The second-order valence-electron chi connectivity index (χ2n) is 3.85. The third kappa shape index (κ3) is 5.18. The molecule has 0 aliphatic rings. The molecule has 0 aromatic heterocycles. The molecule has 0 unspecified atom stereocenters. The maximum atomic E-state index is 12.7. The summed E-state index contributed by atoms with van der Waals surface area (Å²) in [4.78, 5) is 13.5. The number of carbonyl (C=O) groups is 1. The smallest absolute Gasteiger partial charge is 0.250 e. The van der Waals surface area contributed by atoms with Crippen LogP contribution >= 0.6 is 12.2 Å². The first-order valence-corrected chi connectivity index (χ1v) is 6.51. The van der Waals surface area contributed by atoms with Crippen molar-refractivity contribution in [3.63, 3.8) is 0 Å². The Morgan fingerprint density at radius 2 is 1.89 bits per heavy atom. The van der Waals surface area contributed by atoms with Crippen LogP contribution in [0.15, 0.2) is 30.3 Å². The van der Waals surface area contributed by atoms with Gasteiger partial charge in [0, 0.05) is 19.2 Å². The second kappa shape index (κ2) is 7.63. The third-order valence-electron chi connectivity index (χ3n) is 2.58. The minimum Gasteiger partial charge on any atom is -0.350 e. The van der Waals surface area contributed by atoms with E-state index in [0.29, 0.717) is 5.11 Å². The van der Waals surface area contributed by atoms with E-state index < -0.39 is 0 Å². The molecule has 0 saturated carbocycles. The van der Waals surface area contributed by atoms with Gasteiger partial charge in [0.2, 0.25) is 5.91 Å². The van der Waals surface area contributed by atoms with Crippen molar-refractivity contribution in [3.8, 4) is 0 Å². The Bertz CT molecular complexity index is 467. The summed E-state index contributed by atoms with van der Waals surface area (Å²) in [6.45, 7) is 5.43. The normalized spacial score (nSPS) is 10.5. The summed E-state index contributed by atoms with van der Waals surface area (Å²) in [5.74, 6) is -0.592. The largest absolute Gasteiger partial charge is 0.350 e. The molecule has 19 heavy (non-hydrogen) atoms. The van der Waals surface area contributed by atoms with Crippen LogP contribution in [0.3, 0.4) is 0 Å². The van der Waals surface area contributed by atoms with Gasteiger partial charge >= 0.3 is 0 Å². The van der Waals surface area contributed by atoms with E-state index in [4.69, 9.17) is 12.2 Å². The van der Waals surface area contributed by atoms with Crippen LogP contribution in [0.4, 0.5) is 4.39 Å². The predicted octanol–water partition coefficient (Wildman–Crippen LogP) is 2.58. The molecule has 1 aromatic rings. The van der Waals surface area contributed by atoms with Crippen LogP contribution in [0.2, 0.25) is 0 Å². The highest BCUT2D eigenvalue weighted by Crippen LogP contribution is 2.04. The molecule has 3 nitrogen and oxygen atoms in total. The van der Waals surface area contributed by atoms with Crippen molar-refractivity contribution in [1.29, 1.82) is 0 Å². The van der Waals surface area contributed by atoms with Gasteiger partial charge in [0.1, 0.15) is 5.82 Å². The van der Waals surface area contributed by atoms with Crippen molar-refractivity contribution < 1.29 is 9.18 Å². The van der Waals surface area contributed by atoms with Gasteiger partial charge in [0.15, 0.2) is 5.11 Å². The van der Waals surface area contributed by atoms with Gasteiger partial charge in [-0.05, 0) is 49.8 Å². The summed E-state index contributed by atoms with van der Waals surface area (Å²) in [5, 5.41) is 3.04. The molecule has 1 amide bonds. The van der Waals surface area contributed by atoms with Crippen molar-refractivity contribution in [1.82, 2.24) is 10.2 Å². The number of nitrogens with one attached hydrogen (secondary N) is 1. The number of carbonyl (C=O) groups excluding carboxylic acids is 1. The van der Waals surface area contributed by atoms with Crippen LogP contribution in [0.5, 0.6) is 0 Å². The van der Waals surface area contributed by atoms with Gasteiger partial charge in [-0.25, -0.2) is 4.39 Å². The molecule has 0 atom stereocenters. The van der Waals surface area contributed by atoms with E-state index in [2.05, 4.69) is 5.32 Å². The first-order valence-electron chi connectivity index (χ1n) is 6.10. The van der Waals surface area contributed by atoms with Crippen molar-refractivity contribution in [2.45, 2.75) is 13.8 Å². The SMILES string of the molecule is CCN(CC)C(=S)NC(=O)/C=C/c1ccc(F)cc1.